The lowest BCUT2D eigenvalue weighted by atomic mass is 10.4. The molecule has 0 aromatic carbocycles. The van der Waals surface area contributed by atoms with Crippen LogP contribution in [0.1, 0.15) is 24.5 Å². The van der Waals surface area contributed by atoms with Crippen molar-refractivity contribution in [3.05, 3.63) is 29.0 Å². The first-order chi connectivity index (χ1) is 7.65. The van der Waals surface area contributed by atoms with Crippen molar-refractivity contribution in [1.29, 1.82) is 0 Å². The predicted molar refractivity (Wildman–Crippen MR) is 68.6 cm³/mol. The van der Waals surface area contributed by atoms with E-state index in [9.17, 15) is 0 Å². The van der Waals surface area contributed by atoms with Crippen molar-refractivity contribution in [2.45, 2.75) is 33.4 Å². The SMILES string of the molecule is Cc1ccc(-c2cnc(CNC(C)C)[nH]2)s1. The van der Waals surface area contributed by atoms with Crippen molar-refractivity contribution in [1.82, 2.24) is 15.3 Å². The summed E-state index contributed by atoms with van der Waals surface area (Å²) in [5.74, 6) is 0.995. The quantitative estimate of drug-likeness (QED) is 0.855. The van der Waals surface area contributed by atoms with Crippen molar-refractivity contribution in [2.75, 3.05) is 0 Å². The molecule has 0 spiro atoms. The molecule has 2 heterocycles. The van der Waals surface area contributed by atoms with Crippen LogP contribution in [0.3, 0.4) is 0 Å². The van der Waals surface area contributed by atoms with Gasteiger partial charge in [0.2, 0.25) is 0 Å². The van der Waals surface area contributed by atoms with E-state index in [0.29, 0.717) is 6.04 Å². The molecular weight excluding hydrogens is 218 g/mol. The van der Waals surface area contributed by atoms with Gasteiger partial charge < -0.3 is 10.3 Å². The second-order valence-corrected chi connectivity index (χ2v) is 5.48. The van der Waals surface area contributed by atoms with Crippen molar-refractivity contribution in [2.24, 2.45) is 0 Å². The molecule has 0 unspecified atom stereocenters. The molecule has 0 aliphatic heterocycles. The number of H-pyrrole nitrogens is 1. The van der Waals surface area contributed by atoms with Gasteiger partial charge in [0.25, 0.3) is 0 Å². The van der Waals surface area contributed by atoms with Gasteiger partial charge in [-0.25, -0.2) is 4.98 Å². The van der Waals surface area contributed by atoms with Gasteiger partial charge >= 0.3 is 0 Å². The molecule has 0 saturated carbocycles. The number of rotatable bonds is 4. The van der Waals surface area contributed by atoms with Gasteiger partial charge in [-0.2, -0.15) is 0 Å². The Hall–Kier alpha value is -1.13. The Morgan fingerprint density at radius 2 is 2.25 bits per heavy atom. The summed E-state index contributed by atoms with van der Waals surface area (Å²) < 4.78 is 0. The van der Waals surface area contributed by atoms with Gasteiger partial charge in [-0.05, 0) is 19.1 Å². The highest BCUT2D eigenvalue weighted by Crippen LogP contribution is 2.25. The molecule has 0 amide bonds. The zero-order chi connectivity index (χ0) is 11.5. The number of thiophene rings is 1. The molecule has 4 heteroatoms. The fourth-order valence-electron chi connectivity index (χ4n) is 1.46. The van der Waals surface area contributed by atoms with E-state index in [2.05, 4.69) is 48.2 Å². The summed E-state index contributed by atoms with van der Waals surface area (Å²) in [4.78, 5) is 10.3. The summed E-state index contributed by atoms with van der Waals surface area (Å²) in [5.41, 5.74) is 1.11. The standard InChI is InChI=1S/C12H17N3S/c1-8(2)13-7-12-14-6-10(15-12)11-5-4-9(3)16-11/h4-6,8,13H,7H2,1-3H3,(H,14,15). The highest BCUT2D eigenvalue weighted by atomic mass is 32.1. The van der Waals surface area contributed by atoms with Gasteiger partial charge in [-0.15, -0.1) is 11.3 Å². The Morgan fingerprint density at radius 3 is 2.88 bits per heavy atom. The third-order valence-electron chi connectivity index (χ3n) is 2.31. The van der Waals surface area contributed by atoms with E-state index in [1.54, 1.807) is 11.3 Å². The fourth-order valence-corrected chi connectivity index (χ4v) is 2.29. The number of aromatic amines is 1. The van der Waals surface area contributed by atoms with Gasteiger partial charge in [-0.3, -0.25) is 0 Å². The molecule has 0 radical (unpaired) electrons. The lowest BCUT2D eigenvalue weighted by Crippen LogP contribution is -2.22. The van der Waals surface area contributed by atoms with E-state index in [0.717, 1.165) is 18.1 Å². The first-order valence-corrected chi connectivity index (χ1v) is 6.31. The van der Waals surface area contributed by atoms with Gasteiger partial charge in [0.05, 0.1) is 23.3 Å². The third-order valence-corrected chi connectivity index (χ3v) is 3.35. The zero-order valence-electron chi connectivity index (χ0n) is 9.87. The molecular formula is C12H17N3S. The summed E-state index contributed by atoms with van der Waals surface area (Å²) in [5, 5.41) is 3.34. The number of hydrogen-bond donors (Lipinski definition) is 2. The lowest BCUT2D eigenvalue weighted by Gasteiger charge is -2.04. The number of nitrogens with one attached hydrogen (secondary N) is 2. The molecule has 86 valence electrons. The number of aromatic nitrogens is 2. The molecule has 0 saturated heterocycles. The average molecular weight is 235 g/mol. The van der Waals surface area contributed by atoms with Crippen molar-refractivity contribution >= 4 is 11.3 Å². The maximum absolute atomic E-state index is 4.36. The van der Waals surface area contributed by atoms with E-state index in [1.807, 2.05) is 6.20 Å². The minimum Gasteiger partial charge on any atom is -0.340 e. The Bertz CT molecular complexity index is 456. The second-order valence-electron chi connectivity index (χ2n) is 4.19. The lowest BCUT2D eigenvalue weighted by molar-refractivity contribution is 0.575. The molecule has 0 aliphatic rings. The van der Waals surface area contributed by atoms with E-state index in [4.69, 9.17) is 0 Å². The van der Waals surface area contributed by atoms with E-state index in [-0.39, 0.29) is 0 Å². The Balaban J connectivity index is 2.07. The van der Waals surface area contributed by atoms with Gasteiger partial charge in [-0.1, -0.05) is 13.8 Å². The molecule has 0 bridgehead atoms. The highest BCUT2D eigenvalue weighted by molar-refractivity contribution is 7.15. The summed E-state index contributed by atoms with van der Waals surface area (Å²) in [6.45, 7) is 7.17. The molecule has 0 atom stereocenters. The number of imidazole rings is 1. The monoisotopic (exact) mass is 235 g/mol. The van der Waals surface area contributed by atoms with E-state index < -0.39 is 0 Å². The van der Waals surface area contributed by atoms with Crippen LogP contribution in [0.4, 0.5) is 0 Å². The van der Waals surface area contributed by atoms with Crippen molar-refractivity contribution in [3.63, 3.8) is 0 Å². The van der Waals surface area contributed by atoms with Crippen LogP contribution < -0.4 is 5.32 Å². The van der Waals surface area contributed by atoms with Crippen LogP contribution in [-0.4, -0.2) is 16.0 Å². The van der Waals surface area contributed by atoms with Crippen LogP contribution in [0.25, 0.3) is 10.6 Å². The molecule has 3 nitrogen and oxygen atoms in total. The first-order valence-electron chi connectivity index (χ1n) is 5.49. The zero-order valence-corrected chi connectivity index (χ0v) is 10.7. The largest absolute Gasteiger partial charge is 0.340 e. The molecule has 2 aromatic heterocycles. The molecule has 2 aromatic rings. The van der Waals surface area contributed by atoms with Crippen molar-refractivity contribution in [3.8, 4) is 10.6 Å². The molecule has 16 heavy (non-hydrogen) atoms. The molecule has 2 rings (SSSR count). The maximum atomic E-state index is 4.36. The minimum absolute atomic E-state index is 0.484. The van der Waals surface area contributed by atoms with E-state index in [1.165, 1.54) is 9.75 Å². The smallest absolute Gasteiger partial charge is 0.120 e. The second kappa shape index (κ2) is 4.80. The fraction of sp³-hybridized carbons (Fsp3) is 0.417. The average Bonchev–Trinajstić information content (AvgIpc) is 2.83. The maximum Gasteiger partial charge on any atom is 0.120 e. The van der Waals surface area contributed by atoms with Crippen LogP contribution >= 0.6 is 11.3 Å². The van der Waals surface area contributed by atoms with Crippen LogP contribution in [0.5, 0.6) is 0 Å². The van der Waals surface area contributed by atoms with Crippen molar-refractivity contribution < 1.29 is 0 Å². The van der Waals surface area contributed by atoms with Crippen LogP contribution in [0, 0.1) is 6.92 Å². The predicted octanol–water partition coefficient (Wildman–Crippen LogP) is 2.94. The Labute approximate surface area is 99.9 Å². The minimum atomic E-state index is 0.484. The summed E-state index contributed by atoms with van der Waals surface area (Å²) in [6.07, 6.45) is 1.91. The topological polar surface area (TPSA) is 40.7 Å². The summed E-state index contributed by atoms with van der Waals surface area (Å²) >= 11 is 1.79. The van der Waals surface area contributed by atoms with Gasteiger partial charge in [0, 0.05) is 10.9 Å². The normalized spacial score (nSPS) is 11.2. The Kier molecular flexibility index (Phi) is 3.41. The first kappa shape index (κ1) is 11.4. The highest BCUT2D eigenvalue weighted by Gasteiger charge is 2.05. The van der Waals surface area contributed by atoms with Crippen LogP contribution in [0.15, 0.2) is 18.3 Å². The third kappa shape index (κ3) is 2.71. The van der Waals surface area contributed by atoms with Gasteiger partial charge in [0.15, 0.2) is 0 Å². The molecule has 0 fully saturated rings. The van der Waals surface area contributed by atoms with E-state index >= 15 is 0 Å². The summed E-state index contributed by atoms with van der Waals surface area (Å²) in [6, 6.07) is 4.75. The summed E-state index contributed by atoms with van der Waals surface area (Å²) in [7, 11) is 0. The number of nitrogens with zero attached hydrogens (tertiary/aromatic N) is 1. The molecule has 0 aliphatic carbocycles. The number of aryl methyl sites for hydroxylation is 1. The van der Waals surface area contributed by atoms with Crippen LogP contribution in [0.2, 0.25) is 0 Å². The van der Waals surface area contributed by atoms with Gasteiger partial charge in [0.1, 0.15) is 5.82 Å². The molecule has 2 N–H and O–H groups in total. The Morgan fingerprint density at radius 1 is 1.44 bits per heavy atom. The van der Waals surface area contributed by atoms with Crippen LogP contribution in [-0.2, 0) is 6.54 Å². The number of hydrogen-bond acceptors (Lipinski definition) is 3.